The van der Waals surface area contributed by atoms with Crippen LogP contribution in [0.1, 0.15) is 188 Å². The lowest BCUT2D eigenvalue weighted by molar-refractivity contribution is -0.122. The quantitative estimate of drug-likeness (QED) is 0.0822. The van der Waals surface area contributed by atoms with Gasteiger partial charge in [0, 0.05) is 12.3 Å². The maximum absolute atomic E-state index is 12.4. The van der Waals surface area contributed by atoms with Crippen LogP contribution in [0.3, 0.4) is 0 Å². The average Bonchev–Trinajstić information content (AvgIpc) is 2.93. The minimum atomic E-state index is -0.954. The Morgan fingerprint density at radius 3 is 1.08 bits per heavy atom. The first-order valence-corrected chi connectivity index (χ1v) is 17.0. The molecule has 0 amide bonds. The van der Waals surface area contributed by atoms with E-state index in [1.165, 1.54) is 148 Å². The van der Waals surface area contributed by atoms with E-state index >= 15 is 0 Å². The number of aliphatic hydroxyl groups excluding tert-OH is 3. The Hall–Kier alpha value is -0.450. The topological polar surface area (TPSA) is 77.8 Å². The minimum absolute atomic E-state index is 0.297. The van der Waals surface area contributed by atoms with Crippen LogP contribution in [0.15, 0.2) is 0 Å². The summed E-state index contributed by atoms with van der Waals surface area (Å²) < 4.78 is 0. The van der Waals surface area contributed by atoms with Crippen LogP contribution in [0, 0.1) is 5.92 Å². The summed E-state index contributed by atoms with van der Waals surface area (Å²) >= 11 is 0. The Labute approximate surface area is 238 Å². The number of carbonyl (C=O) groups excluding carboxylic acids is 1. The second-order valence-electron chi connectivity index (χ2n) is 11.7. The van der Waals surface area contributed by atoms with E-state index in [9.17, 15) is 4.79 Å². The number of carbonyl (C=O) groups is 1. The molecule has 0 aliphatic rings. The molecule has 1 atom stereocenters. The number of rotatable bonds is 29. The van der Waals surface area contributed by atoms with Gasteiger partial charge in [0.25, 0.3) is 0 Å². The van der Waals surface area contributed by atoms with Crippen LogP contribution in [-0.4, -0.2) is 40.4 Å². The molecule has 1 unspecified atom stereocenters. The monoisotopic (exact) mass is 543 g/mol. The van der Waals surface area contributed by atoms with Gasteiger partial charge in [-0.05, 0) is 12.8 Å². The fraction of sp³-hybridized carbons (Fsp3) is 0.971. The molecule has 0 saturated heterocycles. The molecular weight excluding hydrogens is 472 g/mol. The summed E-state index contributed by atoms with van der Waals surface area (Å²) in [6, 6.07) is 0. The molecule has 0 aliphatic carbocycles. The Bertz CT molecular complexity index is 436. The van der Waals surface area contributed by atoms with Gasteiger partial charge in [-0.1, -0.05) is 168 Å². The third-order valence-corrected chi connectivity index (χ3v) is 7.74. The Kier molecular flexibility index (Phi) is 36.1. The summed E-state index contributed by atoms with van der Waals surface area (Å²) in [7, 11) is 0. The molecule has 3 N–H and O–H groups in total. The van der Waals surface area contributed by atoms with E-state index in [4.69, 9.17) is 15.3 Å². The van der Waals surface area contributed by atoms with Crippen LogP contribution in [-0.2, 0) is 4.79 Å². The predicted molar refractivity (Wildman–Crippen MR) is 166 cm³/mol. The second kappa shape index (κ2) is 34.6. The van der Waals surface area contributed by atoms with E-state index in [0.717, 1.165) is 19.3 Å². The number of hydrogen-bond donors (Lipinski definition) is 3. The van der Waals surface area contributed by atoms with Crippen molar-refractivity contribution in [3.05, 3.63) is 0 Å². The summed E-state index contributed by atoms with van der Waals surface area (Å²) in [6.07, 6.45) is 34.1. The third-order valence-electron chi connectivity index (χ3n) is 7.74. The van der Waals surface area contributed by atoms with Crippen LogP contribution < -0.4 is 0 Å². The predicted octanol–water partition coefficient (Wildman–Crippen LogP) is 9.71. The van der Waals surface area contributed by atoms with Gasteiger partial charge in [-0.3, -0.25) is 4.79 Å². The van der Waals surface area contributed by atoms with Crippen molar-refractivity contribution in [3.8, 4) is 0 Å². The van der Waals surface area contributed by atoms with Gasteiger partial charge in [0.2, 0.25) is 0 Å². The van der Waals surface area contributed by atoms with Crippen LogP contribution in [0.5, 0.6) is 0 Å². The second-order valence-corrected chi connectivity index (χ2v) is 11.7. The molecule has 0 fully saturated rings. The highest BCUT2D eigenvalue weighted by atomic mass is 16.3. The summed E-state index contributed by atoms with van der Waals surface area (Å²) in [5.74, 6) is 0.825. The van der Waals surface area contributed by atoms with Gasteiger partial charge >= 0.3 is 0 Å². The van der Waals surface area contributed by atoms with Crippen molar-refractivity contribution < 1.29 is 20.1 Å². The lowest BCUT2D eigenvalue weighted by Crippen LogP contribution is -2.15. The summed E-state index contributed by atoms with van der Waals surface area (Å²) in [5, 5.41) is 24.0. The smallest absolute Gasteiger partial charge is 0.135 e. The molecule has 38 heavy (non-hydrogen) atoms. The standard InChI is InChI=1S/C31H62O.C3H8O3/c1-4-6-8-10-12-14-16-17-19-21-23-25-27-29-31(32)30(3)28-26-24-22-20-18-15-13-11-9-7-5-2;4-1-3(6)2-5/h30H,4-29H2,1-3H3;3-6H,1-2H2. The molecule has 0 aromatic rings. The van der Waals surface area contributed by atoms with Crippen LogP contribution in [0.2, 0.25) is 0 Å². The van der Waals surface area contributed by atoms with Crippen LogP contribution in [0.25, 0.3) is 0 Å². The first-order valence-electron chi connectivity index (χ1n) is 17.0. The average molecular weight is 543 g/mol. The van der Waals surface area contributed by atoms with Crippen molar-refractivity contribution in [1.29, 1.82) is 0 Å². The first-order chi connectivity index (χ1) is 18.5. The van der Waals surface area contributed by atoms with Crippen LogP contribution in [0.4, 0.5) is 0 Å². The number of aliphatic hydroxyl groups is 3. The number of Topliss-reactive ketones (excluding diaryl/α,β-unsaturated/α-hetero) is 1. The van der Waals surface area contributed by atoms with E-state index in [1.807, 2.05) is 0 Å². The third kappa shape index (κ3) is 33.6. The zero-order valence-electron chi connectivity index (χ0n) is 26.2. The summed E-state index contributed by atoms with van der Waals surface area (Å²) in [6.45, 7) is 6.01. The summed E-state index contributed by atoms with van der Waals surface area (Å²) in [4.78, 5) is 12.4. The Morgan fingerprint density at radius 2 is 0.789 bits per heavy atom. The van der Waals surface area contributed by atoms with Gasteiger partial charge in [0.15, 0.2) is 0 Å². The lowest BCUT2D eigenvalue weighted by Gasteiger charge is -2.10. The molecule has 0 aliphatic heterocycles. The molecule has 0 spiro atoms. The molecule has 0 aromatic carbocycles. The zero-order chi connectivity index (χ0) is 28.5. The Morgan fingerprint density at radius 1 is 0.500 bits per heavy atom. The molecule has 0 rings (SSSR count). The highest BCUT2D eigenvalue weighted by molar-refractivity contribution is 5.80. The largest absolute Gasteiger partial charge is 0.394 e. The fourth-order valence-electron chi connectivity index (χ4n) is 4.90. The SMILES string of the molecule is CCCCCCCCCCCCCCCC(=O)C(C)CCCCCCCCCCCCC.OCC(O)CO. The van der Waals surface area contributed by atoms with Gasteiger partial charge in [-0.25, -0.2) is 0 Å². The van der Waals surface area contributed by atoms with Gasteiger partial charge in [-0.15, -0.1) is 0 Å². The zero-order valence-corrected chi connectivity index (χ0v) is 26.2. The van der Waals surface area contributed by atoms with Crippen molar-refractivity contribution in [2.75, 3.05) is 13.2 Å². The molecule has 0 aromatic heterocycles. The van der Waals surface area contributed by atoms with Gasteiger partial charge < -0.3 is 15.3 Å². The number of hydrogen-bond acceptors (Lipinski definition) is 4. The van der Waals surface area contributed by atoms with Crippen molar-refractivity contribution in [1.82, 2.24) is 0 Å². The highest BCUT2D eigenvalue weighted by Crippen LogP contribution is 2.17. The van der Waals surface area contributed by atoms with E-state index in [1.54, 1.807) is 0 Å². The van der Waals surface area contributed by atoms with E-state index in [-0.39, 0.29) is 13.2 Å². The van der Waals surface area contributed by atoms with Gasteiger partial charge in [0.05, 0.1) is 13.2 Å². The number of ketones is 1. The molecule has 0 bridgehead atoms. The summed E-state index contributed by atoms with van der Waals surface area (Å²) in [5.41, 5.74) is 0. The van der Waals surface area contributed by atoms with E-state index in [0.29, 0.717) is 11.7 Å². The van der Waals surface area contributed by atoms with Crippen molar-refractivity contribution in [3.63, 3.8) is 0 Å². The lowest BCUT2D eigenvalue weighted by atomic mass is 9.94. The number of unbranched alkanes of at least 4 members (excludes halogenated alkanes) is 22. The minimum Gasteiger partial charge on any atom is -0.394 e. The first kappa shape index (κ1) is 39.7. The molecule has 4 heteroatoms. The molecular formula is C34H70O4. The fourth-order valence-corrected chi connectivity index (χ4v) is 4.90. The van der Waals surface area contributed by atoms with Gasteiger partial charge in [0.1, 0.15) is 11.9 Å². The molecule has 230 valence electrons. The van der Waals surface area contributed by atoms with E-state index < -0.39 is 6.10 Å². The van der Waals surface area contributed by atoms with Gasteiger partial charge in [-0.2, -0.15) is 0 Å². The molecule has 0 radical (unpaired) electrons. The van der Waals surface area contributed by atoms with Crippen molar-refractivity contribution in [2.45, 2.75) is 194 Å². The maximum atomic E-state index is 12.4. The molecule has 0 saturated carbocycles. The van der Waals surface area contributed by atoms with Crippen molar-refractivity contribution in [2.24, 2.45) is 5.92 Å². The van der Waals surface area contributed by atoms with Crippen molar-refractivity contribution >= 4 is 5.78 Å². The maximum Gasteiger partial charge on any atom is 0.135 e. The highest BCUT2D eigenvalue weighted by Gasteiger charge is 2.11. The normalized spacial score (nSPS) is 12.0. The Balaban J connectivity index is 0. The molecule has 0 heterocycles. The van der Waals surface area contributed by atoms with E-state index in [2.05, 4.69) is 20.8 Å². The molecule has 4 nitrogen and oxygen atoms in total. The van der Waals surface area contributed by atoms with Crippen LogP contribution >= 0.6 is 0 Å².